The zero-order valence-electron chi connectivity index (χ0n) is 10.2. The molecule has 0 aliphatic rings. The maximum atomic E-state index is 13.0. The summed E-state index contributed by atoms with van der Waals surface area (Å²) in [6.45, 7) is 4.88. The second-order valence-electron chi connectivity index (χ2n) is 3.71. The highest BCUT2D eigenvalue weighted by molar-refractivity contribution is 5.89. The molecule has 4 heteroatoms. The quantitative estimate of drug-likeness (QED) is 0.566. The van der Waals surface area contributed by atoms with Crippen LogP contribution in [0, 0.1) is 12.7 Å². The van der Waals surface area contributed by atoms with Gasteiger partial charge in [0.25, 0.3) is 0 Å². The minimum Gasteiger partial charge on any atom is -0.460 e. The smallest absolute Gasteiger partial charge is 0.338 e. The monoisotopic (exact) mass is 240 g/mol. The number of esters is 1. The lowest BCUT2D eigenvalue weighted by molar-refractivity contribution is 0.0318. The largest absolute Gasteiger partial charge is 0.460 e. The maximum Gasteiger partial charge on any atom is 0.338 e. The van der Waals surface area contributed by atoms with Gasteiger partial charge in [-0.15, -0.1) is 0 Å². The molecular formula is C13H17FO3. The Balaban J connectivity index is 2.39. The van der Waals surface area contributed by atoms with E-state index in [-0.39, 0.29) is 12.4 Å². The predicted molar refractivity (Wildman–Crippen MR) is 62.5 cm³/mol. The van der Waals surface area contributed by atoms with Crippen molar-refractivity contribution in [2.24, 2.45) is 0 Å². The van der Waals surface area contributed by atoms with Crippen molar-refractivity contribution in [3.63, 3.8) is 0 Å². The van der Waals surface area contributed by atoms with E-state index in [2.05, 4.69) is 0 Å². The van der Waals surface area contributed by atoms with Crippen LogP contribution in [-0.2, 0) is 9.47 Å². The van der Waals surface area contributed by atoms with Gasteiger partial charge in [0.1, 0.15) is 12.4 Å². The van der Waals surface area contributed by atoms with Gasteiger partial charge in [-0.25, -0.2) is 9.18 Å². The van der Waals surface area contributed by atoms with Crippen LogP contribution in [0.15, 0.2) is 18.2 Å². The number of benzene rings is 1. The van der Waals surface area contributed by atoms with Gasteiger partial charge in [0.2, 0.25) is 0 Å². The lowest BCUT2D eigenvalue weighted by Gasteiger charge is -2.06. The molecule has 0 saturated carbocycles. The fourth-order valence-corrected chi connectivity index (χ4v) is 1.29. The Labute approximate surface area is 101 Å². The molecule has 0 radical (unpaired) electrons. The first-order valence-corrected chi connectivity index (χ1v) is 5.66. The van der Waals surface area contributed by atoms with Gasteiger partial charge in [0.05, 0.1) is 12.2 Å². The summed E-state index contributed by atoms with van der Waals surface area (Å²) in [5.74, 6) is -0.777. The van der Waals surface area contributed by atoms with Crippen molar-refractivity contribution in [2.45, 2.75) is 20.3 Å². The fourth-order valence-electron chi connectivity index (χ4n) is 1.29. The summed E-state index contributed by atoms with van der Waals surface area (Å²) in [5, 5.41) is 0. The summed E-state index contributed by atoms with van der Waals surface area (Å²) in [4.78, 5) is 11.5. The highest BCUT2D eigenvalue weighted by atomic mass is 19.1. The fraction of sp³-hybridized carbons (Fsp3) is 0.462. The molecule has 0 aliphatic heterocycles. The normalized spacial score (nSPS) is 10.3. The van der Waals surface area contributed by atoms with Crippen LogP contribution in [0.4, 0.5) is 4.39 Å². The third-order valence-corrected chi connectivity index (χ3v) is 2.20. The molecule has 0 amide bonds. The van der Waals surface area contributed by atoms with Crippen molar-refractivity contribution < 1.29 is 18.7 Å². The number of halogens is 1. The van der Waals surface area contributed by atoms with Crippen molar-refractivity contribution in [2.75, 3.05) is 19.8 Å². The van der Waals surface area contributed by atoms with Crippen LogP contribution in [0.25, 0.3) is 0 Å². The van der Waals surface area contributed by atoms with Gasteiger partial charge < -0.3 is 9.47 Å². The van der Waals surface area contributed by atoms with Gasteiger partial charge in [-0.3, -0.25) is 0 Å². The van der Waals surface area contributed by atoms with E-state index in [1.54, 1.807) is 6.92 Å². The van der Waals surface area contributed by atoms with Gasteiger partial charge >= 0.3 is 5.97 Å². The van der Waals surface area contributed by atoms with E-state index in [1.807, 2.05) is 6.92 Å². The average molecular weight is 240 g/mol. The first-order chi connectivity index (χ1) is 8.15. The number of rotatable bonds is 6. The van der Waals surface area contributed by atoms with Crippen molar-refractivity contribution >= 4 is 5.97 Å². The first-order valence-electron chi connectivity index (χ1n) is 5.66. The topological polar surface area (TPSA) is 35.5 Å². The molecule has 0 saturated heterocycles. The number of aryl methyl sites for hydroxylation is 1. The molecule has 0 aromatic heterocycles. The number of carbonyl (C=O) groups excluding carboxylic acids is 1. The Bertz CT molecular complexity index is 377. The van der Waals surface area contributed by atoms with E-state index in [4.69, 9.17) is 9.47 Å². The molecule has 0 unspecified atom stereocenters. The predicted octanol–water partition coefficient (Wildman–Crippen LogP) is 2.72. The van der Waals surface area contributed by atoms with E-state index in [1.165, 1.54) is 18.2 Å². The van der Waals surface area contributed by atoms with Crippen molar-refractivity contribution in [1.29, 1.82) is 0 Å². The molecule has 0 N–H and O–H groups in total. The summed E-state index contributed by atoms with van der Waals surface area (Å²) in [6.07, 6.45) is 0.936. The molecule has 3 nitrogen and oxygen atoms in total. The summed E-state index contributed by atoms with van der Waals surface area (Å²) in [6, 6.07) is 4.15. The summed E-state index contributed by atoms with van der Waals surface area (Å²) in [5.41, 5.74) is 0.793. The van der Waals surface area contributed by atoms with Crippen LogP contribution in [-0.4, -0.2) is 25.8 Å². The highest BCUT2D eigenvalue weighted by Crippen LogP contribution is 2.10. The van der Waals surface area contributed by atoms with Crippen LogP contribution in [0.5, 0.6) is 0 Å². The third-order valence-electron chi connectivity index (χ3n) is 2.20. The van der Waals surface area contributed by atoms with Crippen LogP contribution in [0.2, 0.25) is 0 Å². The van der Waals surface area contributed by atoms with Crippen LogP contribution in [0.1, 0.15) is 29.3 Å². The lowest BCUT2D eigenvalue weighted by Crippen LogP contribution is -2.11. The van der Waals surface area contributed by atoms with Gasteiger partial charge in [-0.05, 0) is 37.1 Å². The number of hydrogen-bond donors (Lipinski definition) is 0. The van der Waals surface area contributed by atoms with Gasteiger partial charge in [0, 0.05) is 6.61 Å². The SMILES string of the molecule is CCCOCCOC(=O)c1ccc(F)c(C)c1. The molecule has 0 aliphatic carbocycles. The van der Waals surface area contributed by atoms with Crippen molar-refractivity contribution in [3.05, 3.63) is 35.1 Å². The molecule has 17 heavy (non-hydrogen) atoms. The standard InChI is InChI=1S/C13H17FO3/c1-3-6-16-7-8-17-13(15)11-4-5-12(14)10(2)9-11/h4-5,9H,3,6-8H2,1-2H3. The molecule has 94 valence electrons. The lowest BCUT2D eigenvalue weighted by atomic mass is 10.1. The van der Waals surface area contributed by atoms with E-state index >= 15 is 0 Å². The molecule has 0 spiro atoms. The minimum atomic E-state index is -0.451. The molecule has 0 bridgehead atoms. The van der Waals surface area contributed by atoms with Gasteiger partial charge in [0.15, 0.2) is 0 Å². The molecule has 1 aromatic rings. The number of ether oxygens (including phenoxy) is 2. The van der Waals surface area contributed by atoms with Crippen LogP contribution in [0.3, 0.4) is 0 Å². The summed E-state index contributed by atoms with van der Waals surface area (Å²) in [7, 11) is 0. The van der Waals surface area contributed by atoms with Crippen molar-refractivity contribution in [3.8, 4) is 0 Å². The zero-order valence-corrected chi connectivity index (χ0v) is 10.2. The minimum absolute atomic E-state index is 0.218. The van der Waals surface area contributed by atoms with Crippen LogP contribution < -0.4 is 0 Å². The van der Waals surface area contributed by atoms with E-state index in [0.717, 1.165) is 6.42 Å². The maximum absolute atomic E-state index is 13.0. The van der Waals surface area contributed by atoms with E-state index in [0.29, 0.717) is 24.3 Å². The Kier molecular flexibility index (Phi) is 5.63. The zero-order chi connectivity index (χ0) is 12.7. The second-order valence-corrected chi connectivity index (χ2v) is 3.71. The molecular weight excluding hydrogens is 223 g/mol. The highest BCUT2D eigenvalue weighted by Gasteiger charge is 2.08. The molecule has 0 heterocycles. The van der Waals surface area contributed by atoms with Gasteiger partial charge in [-0.2, -0.15) is 0 Å². The Morgan fingerprint density at radius 2 is 2.06 bits per heavy atom. The molecule has 0 fully saturated rings. The molecule has 1 aromatic carbocycles. The number of hydrogen-bond acceptors (Lipinski definition) is 3. The Hall–Kier alpha value is -1.42. The summed E-state index contributed by atoms with van der Waals surface area (Å²) >= 11 is 0. The van der Waals surface area contributed by atoms with E-state index in [9.17, 15) is 9.18 Å². The number of carbonyl (C=O) groups is 1. The average Bonchev–Trinajstić information content (AvgIpc) is 2.32. The third kappa shape index (κ3) is 4.53. The Morgan fingerprint density at radius 3 is 2.71 bits per heavy atom. The summed E-state index contributed by atoms with van der Waals surface area (Å²) < 4.78 is 23.1. The molecule has 1 rings (SSSR count). The molecule has 0 atom stereocenters. The van der Waals surface area contributed by atoms with Crippen LogP contribution >= 0.6 is 0 Å². The Morgan fingerprint density at radius 1 is 1.29 bits per heavy atom. The van der Waals surface area contributed by atoms with E-state index < -0.39 is 5.97 Å². The van der Waals surface area contributed by atoms with Crippen molar-refractivity contribution in [1.82, 2.24) is 0 Å². The van der Waals surface area contributed by atoms with Gasteiger partial charge in [-0.1, -0.05) is 6.92 Å². The first kappa shape index (κ1) is 13.6. The second kappa shape index (κ2) is 7.01.